The van der Waals surface area contributed by atoms with Crippen LogP contribution in [0.25, 0.3) is 11.0 Å². The molecule has 0 unspecified atom stereocenters. The van der Waals surface area contributed by atoms with Gasteiger partial charge in [-0.2, -0.15) is 0 Å². The van der Waals surface area contributed by atoms with Crippen LogP contribution >= 0.6 is 31.9 Å². The monoisotopic (exact) mass is 735 g/mol. The maximum atomic E-state index is 13.9. The number of hydrogen-bond donors (Lipinski definition) is 3. The number of likely N-dealkylation sites (tertiary alicyclic amines) is 1. The molecule has 0 bridgehead atoms. The Labute approximate surface area is 276 Å². The van der Waals surface area contributed by atoms with Gasteiger partial charge in [0, 0.05) is 57.7 Å². The standard InChI is InChI=1S/C33H31Br2N5O5/c34-23-15-21(16-24(35)30(23)36)27(41)18-26(37-31(42)29-17-20-6-2-4-8-28(20)45-29)32(43)39-12-10-22(11-13-39)40-14-9-19-5-1-3-7-25(19)38-33(40)44/h1-8,15-17,22,26H,9-14,18,36H2,(H,37,42)(H,38,44)/t26-/m1/s1. The molecular weight excluding hydrogens is 706 g/mol. The molecule has 0 saturated carbocycles. The Kier molecular flexibility index (Phi) is 8.95. The van der Waals surface area contributed by atoms with E-state index >= 15 is 0 Å². The summed E-state index contributed by atoms with van der Waals surface area (Å²) in [4.78, 5) is 57.3. The summed E-state index contributed by atoms with van der Waals surface area (Å²) in [6, 6.07) is 18.5. The van der Waals surface area contributed by atoms with Gasteiger partial charge < -0.3 is 30.6 Å². The van der Waals surface area contributed by atoms with Crippen LogP contribution < -0.4 is 16.4 Å². The second kappa shape index (κ2) is 13.1. The van der Waals surface area contributed by atoms with Gasteiger partial charge in [0.25, 0.3) is 5.91 Å². The molecule has 10 nitrogen and oxygen atoms in total. The van der Waals surface area contributed by atoms with E-state index in [0.717, 1.165) is 23.1 Å². The molecule has 12 heteroatoms. The quantitative estimate of drug-likeness (QED) is 0.157. The number of rotatable bonds is 7. The number of anilines is 2. The summed E-state index contributed by atoms with van der Waals surface area (Å²) in [5, 5.41) is 6.53. The first kappa shape index (κ1) is 30.8. The van der Waals surface area contributed by atoms with Crippen molar-refractivity contribution in [1.82, 2.24) is 15.1 Å². The van der Waals surface area contributed by atoms with Crippen molar-refractivity contribution in [2.24, 2.45) is 0 Å². The number of fused-ring (bicyclic) bond motifs is 2. The highest BCUT2D eigenvalue weighted by Crippen LogP contribution is 2.31. The molecule has 2 aliphatic rings. The molecule has 0 spiro atoms. The van der Waals surface area contributed by atoms with Crippen molar-refractivity contribution in [3.63, 3.8) is 0 Å². The van der Waals surface area contributed by atoms with E-state index in [1.165, 1.54) is 0 Å². The smallest absolute Gasteiger partial charge is 0.322 e. The molecule has 0 radical (unpaired) electrons. The van der Waals surface area contributed by atoms with Crippen LogP contribution in [-0.4, -0.2) is 65.1 Å². The van der Waals surface area contributed by atoms with Crippen LogP contribution in [-0.2, 0) is 11.2 Å². The topological polar surface area (TPSA) is 138 Å². The molecule has 1 saturated heterocycles. The van der Waals surface area contributed by atoms with Crippen molar-refractivity contribution in [1.29, 1.82) is 0 Å². The summed E-state index contributed by atoms with van der Waals surface area (Å²) in [6.45, 7) is 1.34. The van der Waals surface area contributed by atoms with Gasteiger partial charge in [-0.25, -0.2) is 4.79 Å². The number of hydrogen-bond acceptors (Lipinski definition) is 6. The number of furan rings is 1. The number of para-hydroxylation sites is 2. The van der Waals surface area contributed by atoms with Crippen LogP contribution in [0.15, 0.2) is 80.1 Å². The van der Waals surface area contributed by atoms with E-state index in [9.17, 15) is 19.2 Å². The largest absolute Gasteiger partial charge is 0.451 e. The Morgan fingerprint density at radius 3 is 2.40 bits per heavy atom. The lowest BCUT2D eigenvalue weighted by Crippen LogP contribution is -2.54. The molecule has 45 heavy (non-hydrogen) atoms. The predicted molar refractivity (Wildman–Crippen MR) is 178 cm³/mol. The molecule has 1 fully saturated rings. The Morgan fingerprint density at radius 2 is 1.67 bits per heavy atom. The number of carbonyl (C=O) groups is 4. The number of carbonyl (C=O) groups excluding carboxylic acids is 4. The van der Waals surface area contributed by atoms with E-state index < -0.39 is 11.9 Å². The molecule has 2 aliphatic heterocycles. The summed E-state index contributed by atoms with van der Waals surface area (Å²) in [5.41, 5.74) is 9.25. The predicted octanol–water partition coefficient (Wildman–Crippen LogP) is 5.99. The van der Waals surface area contributed by atoms with Crippen LogP contribution in [0.4, 0.5) is 16.2 Å². The first-order valence-corrected chi connectivity index (χ1v) is 16.3. The number of halogens is 2. The van der Waals surface area contributed by atoms with Gasteiger partial charge >= 0.3 is 6.03 Å². The number of benzene rings is 3. The molecular formula is C33H31Br2N5O5. The lowest BCUT2D eigenvalue weighted by molar-refractivity contribution is -0.134. The Hall–Kier alpha value is -4.16. The minimum Gasteiger partial charge on any atom is -0.451 e. The van der Waals surface area contributed by atoms with Gasteiger partial charge in [-0.05, 0) is 87.0 Å². The Morgan fingerprint density at radius 1 is 0.978 bits per heavy atom. The fraction of sp³-hybridized carbons (Fsp3) is 0.273. The van der Waals surface area contributed by atoms with Crippen molar-refractivity contribution in [3.8, 4) is 0 Å². The minimum absolute atomic E-state index is 0.0435. The molecule has 4 amide bonds. The van der Waals surface area contributed by atoms with Crippen LogP contribution in [0, 0.1) is 0 Å². The molecule has 0 aliphatic carbocycles. The number of Topliss-reactive ketones (excluding diaryl/α,β-unsaturated/α-hetero) is 1. The van der Waals surface area contributed by atoms with E-state index in [4.69, 9.17) is 10.2 Å². The first-order valence-electron chi connectivity index (χ1n) is 14.7. The van der Waals surface area contributed by atoms with Crippen molar-refractivity contribution in [3.05, 3.63) is 92.6 Å². The molecule has 3 aromatic carbocycles. The maximum absolute atomic E-state index is 13.9. The molecule has 1 aromatic heterocycles. The fourth-order valence-corrected chi connectivity index (χ4v) is 7.11. The second-order valence-electron chi connectivity index (χ2n) is 11.2. The van der Waals surface area contributed by atoms with Crippen LogP contribution in [0.2, 0.25) is 0 Å². The molecule has 232 valence electrons. The fourth-order valence-electron chi connectivity index (χ4n) is 5.93. The maximum Gasteiger partial charge on any atom is 0.322 e. The third-order valence-electron chi connectivity index (χ3n) is 8.40. The summed E-state index contributed by atoms with van der Waals surface area (Å²) in [6.07, 6.45) is 1.63. The van der Waals surface area contributed by atoms with Gasteiger partial charge in [0.1, 0.15) is 11.6 Å². The number of nitrogens with two attached hydrogens (primary N) is 1. The third kappa shape index (κ3) is 6.62. The van der Waals surface area contributed by atoms with Gasteiger partial charge in [0.2, 0.25) is 5.91 Å². The van der Waals surface area contributed by atoms with E-state index in [0.29, 0.717) is 58.3 Å². The number of nitrogen functional groups attached to an aromatic ring is 1. The summed E-state index contributed by atoms with van der Waals surface area (Å²) >= 11 is 6.74. The number of ketones is 1. The van der Waals surface area contributed by atoms with Crippen molar-refractivity contribution in [2.75, 3.05) is 30.7 Å². The van der Waals surface area contributed by atoms with E-state index in [2.05, 4.69) is 42.5 Å². The van der Waals surface area contributed by atoms with Crippen LogP contribution in [0.1, 0.15) is 45.7 Å². The minimum atomic E-state index is -1.14. The van der Waals surface area contributed by atoms with Crippen LogP contribution in [0.5, 0.6) is 0 Å². The third-order valence-corrected chi connectivity index (χ3v) is 9.71. The first-order chi connectivity index (χ1) is 21.7. The molecule has 4 aromatic rings. The Balaban J connectivity index is 1.17. The molecule has 6 rings (SSSR count). The number of nitrogens with one attached hydrogen (secondary N) is 2. The van der Waals surface area contributed by atoms with Crippen LogP contribution in [0.3, 0.4) is 0 Å². The number of urea groups is 1. The summed E-state index contributed by atoms with van der Waals surface area (Å²) < 4.78 is 6.80. The lowest BCUT2D eigenvalue weighted by atomic mass is 9.99. The second-order valence-corrected chi connectivity index (χ2v) is 13.0. The van der Waals surface area contributed by atoms with Crippen molar-refractivity contribution in [2.45, 2.75) is 37.8 Å². The van der Waals surface area contributed by atoms with Gasteiger partial charge in [-0.15, -0.1) is 0 Å². The SMILES string of the molecule is Nc1c(Br)cc(C(=O)C[C@@H](NC(=O)c2cc3ccccc3o2)C(=O)N2CCC(N3CCc4ccccc4NC3=O)CC2)cc1Br. The average Bonchev–Trinajstić information content (AvgIpc) is 3.41. The number of amides is 4. The molecule has 3 heterocycles. The zero-order valence-electron chi connectivity index (χ0n) is 24.2. The zero-order chi connectivity index (χ0) is 31.7. The van der Waals surface area contributed by atoms with E-state index in [1.807, 2.05) is 41.3 Å². The lowest BCUT2D eigenvalue weighted by Gasteiger charge is -2.39. The summed E-state index contributed by atoms with van der Waals surface area (Å²) in [5.74, 6) is -1.25. The molecule has 4 N–H and O–H groups in total. The van der Waals surface area contributed by atoms with Crippen molar-refractivity contribution >= 4 is 77.8 Å². The highest BCUT2D eigenvalue weighted by Gasteiger charge is 2.35. The van der Waals surface area contributed by atoms with Gasteiger partial charge in [0.05, 0.1) is 5.69 Å². The highest BCUT2D eigenvalue weighted by atomic mass is 79.9. The van der Waals surface area contributed by atoms with E-state index in [1.54, 1.807) is 35.2 Å². The summed E-state index contributed by atoms with van der Waals surface area (Å²) in [7, 11) is 0. The highest BCUT2D eigenvalue weighted by molar-refractivity contribution is 9.11. The Bertz CT molecular complexity index is 1740. The average molecular weight is 737 g/mol. The molecule has 1 atom stereocenters. The van der Waals surface area contributed by atoms with Gasteiger partial charge in [0.15, 0.2) is 11.5 Å². The van der Waals surface area contributed by atoms with Crippen molar-refractivity contribution < 1.29 is 23.6 Å². The zero-order valence-corrected chi connectivity index (χ0v) is 27.4. The van der Waals surface area contributed by atoms with E-state index in [-0.39, 0.29) is 35.9 Å². The normalized spacial score (nSPS) is 16.1. The van der Waals surface area contributed by atoms with Gasteiger partial charge in [-0.1, -0.05) is 36.4 Å². The number of piperidine rings is 1. The van der Waals surface area contributed by atoms with Gasteiger partial charge in [-0.3, -0.25) is 14.4 Å². The number of nitrogens with zero attached hydrogens (tertiary/aromatic N) is 2.